The Hall–Kier alpha value is -2.79. The Bertz CT molecular complexity index is 1220. The number of hydrogen-bond donors (Lipinski definition) is 0. The van der Waals surface area contributed by atoms with E-state index >= 15 is 0 Å². The Balaban J connectivity index is 1.03. The molecule has 0 saturated heterocycles. The highest BCUT2D eigenvalue weighted by Gasteiger charge is 2.30. The van der Waals surface area contributed by atoms with Gasteiger partial charge in [0.1, 0.15) is 0 Å². The lowest BCUT2D eigenvalue weighted by Crippen LogP contribution is -2.29. The minimum atomic E-state index is -4.35. The predicted molar refractivity (Wildman–Crippen MR) is 136 cm³/mol. The van der Waals surface area contributed by atoms with E-state index in [9.17, 15) is 18.0 Å². The fraction of sp³-hybridized carbons (Fsp3) is 0.538. The van der Waals surface area contributed by atoms with E-state index in [1.165, 1.54) is 11.3 Å². The standard InChI is InChI=1S/C26H30F3N5O2S/c27-26(28,29)17-36-25-32-21-9-13-33(14-10-23(21)37-25)12-7-18-3-5-19(6-4-18)16-30-24(35)20-8-15-34-22(20)2-1-11-31-34/h1-2,8,11,15-16,18-19H,3-7,9-10,12-14,17H2. The number of aromatic nitrogens is 3. The van der Waals surface area contributed by atoms with Crippen LogP contribution in [-0.4, -0.2) is 64.0 Å². The van der Waals surface area contributed by atoms with Crippen LogP contribution in [0, 0.1) is 11.8 Å². The molecule has 3 aromatic rings. The number of fused-ring (bicyclic) bond motifs is 2. The van der Waals surface area contributed by atoms with E-state index in [2.05, 4.69) is 20.0 Å². The van der Waals surface area contributed by atoms with Crippen molar-refractivity contribution in [3.63, 3.8) is 0 Å². The molecule has 1 fully saturated rings. The summed E-state index contributed by atoms with van der Waals surface area (Å²) in [5.41, 5.74) is 2.22. The molecule has 37 heavy (non-hydrogen) atoms. The predicted octanol–water partition coefficient (Wildman–Crippen LogP) is 5.24. The molecule has 0 atom stereocenters. The maximum absolute atomic E-state index is 12.6. The number of carbonyl (C=O) groups is 1. The molecule has 1 saturated carbocycles. The summed E-state index contributed by atoms with van der Waals surface area (Å²) >= 11 is 1.24. The average Bonchev–Trinajstić information content (AvgIpc) is 3.45. The zero-order valence-electron chi connectivity index (χ0n) is 20.5. The zero-order valence-corrected chi connectivity index (χ0v) is 21.3. The van der Waals surface area contributed by atoms with Crippen LogP contribution in [0.25, 0.3) is 5.52 Å². The van der Waals surface area contributed by atoms with Gasteiger partial charge in [-0.05, 0) is 75.1 Å². The fourth-order valence-corrected chi connectivity index (χ4v) is 6.12. The van der Waals surface area contributed by atoms with Gasteiger partial charge in [0, 0.05) is 43.0 Å². The fourth-order valence-electron chi connectivity index (χ4n) is 5.17. The Morgan fingerprint density at radius 2 is 2.00 bits per heavy atom. The van der Waals surface area contributed by atoms with E-state index in [4.69, 9.17) is 4.74 Å². The van der Waals surface area contributed by atoms with Crippen molar-refractivity contribution in [3.05, 3.63) is 46.7 Å². The van der Waals surface area contributed by atoms with E-state index in [0.717, 1.165) is 80.7 Å². The normalized spacial score (nSPS) is 21.3. The number of alkyl halides is 3. The van der Waals surface area contributed by atoms with Crippen LogP contribution in [0.1, 0.15) is 53.0 Å². The summed E-state index contributed by atoms with van der Waals surface area (Å²) in [5, 5.41) is 4.31. The molecule has 198 valence electrons. The molecule has 1 amide bonds. The minimum Gasteiger partial charge on any atom is -0.460 e. The lowest BCUT2D eigenvalue weighted by Gasteiger charge is -2.28. The summed E-state index contributed by atoms with van der Waals surface area (Å²) in [4.78, 5) is 24.6. The summed E-state index contributed by atoms with van der Waals surface area (Å²) in [6, 6.07) is 5.44. The molecule has 0 N–H and O–H groups in total. The van der Waals surface area contributed by atoms with E-state index in [0.29, 0.717) is 17.4 Å². The van der Waals surface area contributed by atoms with Crippen molar-refractivity contribution in [2.45, 2.75) is 51.1 Å². The molecule has 0 unspecified atom stereocenters. The third-order valence-corrected chi connectivity index (χ3v) is 8.32. The first-order valence-corrected chi connectivity index (χ1v) is 13.6. The van der Waals surface area contributed by atoms with Gasteiger partial charge in [-0.1, -0.05) is 11.3 Å². The number of amides is 1. The van der Waals surface area contributed by atoms with E-state index in [-0.39, 0.29) is 11.1 Å². The van der Waals surface area contributed by atoms with Crippen molar-refractivity contribution < 1.29 is 22.7 Å². The second kappa shape index (κ2) is 11.3. The zero-order chi connectivity index (χ0) is 25.8. The molecule has 0 bridgehead atoms. The Kier molecular flexibility index (Phi) is 7.89. The van der Waals surface area contributed by atoms with Crippen molar-refractivity contribution in [3.8, 4) is 5.19 Å². The van der Waals surface area contributed by atoms with Gasteiger partial charge < -0.3 is 9.64 Å². The van der Waals surface area contributed by atoms with Gasteiger partial charge in [0.25, 0.3) is 11.1 Å². The van der Waals surface area contributed by atoms with E-state index in [1.807, 2.05) is 18.3 Å². The first-order valence-electron chi connectivity index (χ1n) is 12.8. The van der Waals surface area contributed by atoms with Crippen molar-refractivity contribution in [1.82, 2.24) is 19.5 Å². The number of halogens is 3. The van der Waals surface area contributed by atoms with E-state index in [1.54, 1.807) is 23.0 Å². The molecule has 11 heteroatoms. The number of carbonyl (C=O) groups excluding carboxylic acids is 1. The second-order valence-corrected chi connectivity index (χ2v) is 10.9. The van der Waals surface area contributed by atoms with Gasteiger partial charge in [-0.25, -0.2) is 14.5 Å². The van der Waals surface area contributed by atoms with Crippen molar-refractivity contribution in [1.29, 1.82) is 0 Å². The highest BCUT2D eigenvalue weighted by molar-refractivity contribution is 7.13. The second-order valence-electron chi connectivity index (χ2n) is 9.83. The van der Waals surface area contributed by atoms with Crippen LogP contribution in [0.4, 0.5) is 13.2 Å². The van der Waals surface area contributed by atoms with Crippen molar-refractivity contribution in [2.75, 3.05) is 26.2 Å². The molecule has 4 heterocycles. The van der Waals surface area contributed by atoms with E-state index < -0.39 is 12.8 Å². The molecule has 3 aromatic heterocycles. The summed E-state index contributed by atoms with van der Waals surface area (Å²) in [5.74, 6) is 0.779. The highest BCUT2D eigenvalue weighted by Crippen LogP contribution is 2.32. The van der Waals surface area contributed by atoms with Crippen LogP contribution in [0.15, 0.2) is 35.6 Å². The average molecular weight is 534 g/mol. The monoisotopic (exact) mass is 533 g/mol. The van der Waals surface area contributed by atoms with Gasteiger partial charge in [-0.3, -0.25) is 4.79 Å². The Morgan fingerprint density at radius 3 is 2.81 bits per heavy atom. The molecular weight excluding hydrogens is 503 g/mol. The van der Waals surface area contributed by atoms with Crippen LogP contribution < -0.4 is 4.74 Å². The van der Waals surface area contributed by atoms with Crippen LogP contribution in [-0.2, 0) is 12.8 Å². The van der Waals surface area contributed by atoms with Crippen LogP contribution in [0.3, 0.4) is 0 Å². The molecule has 1 aliphatic heterocycles. The van der Waals surface area contributed by atoms with Gasteiger partial charge in [0.2, 0.25) is 0 Å². The molecule has 0 aromatic carbocycles. The molecule has 2 aliphatic rings. The number of aliphatic imine (C=N–C) groups is 1. The van der Waals surface area contributed by atoms with Gasteiger partial charge in [0.05, 0.1) is 16.8 Å². The van der Waals surface area contributed by atoms with Gasteiger partial charge >= 0.3 is 6.18 Å². The number of thiazole rings is 1. The topological polar surface area (TPSA) is 72.1 Å². The Labute approximate surface area is 217 Å². The lowest BCUT2D eigenvalue weighted by molar-refractivity contribution is -0.153. The summed E-state index contributed by atoms with van der Waals surface area (Å²) in [6.07, 6.45) is 7.97. The first-order chi connectivity index (χ1) is 17.8. The maximum atomic E-state index is 12.6. The third kappa shape index (κ3) is 6.75. The molecule has 0 spiro atoms. The maximum Gasteiger partial charge on any atom is 0.422 e. The third-order valence-electron chi connectivity index (χ3n) is 7.25. The summed E-state index contributed by atoms with van der Waals surface area (Å²) in [7, 11) is 0. The van der Waals surface area contributed by atoms with Gasteiger partial charge in [-0.15, -0.1) is 0 Å². The molecule has 0 radical (unpaired) electrons. The largest absolute Gasteiger partial charge is 0.460 e. The Morgan fingerprint density at radius 1 is 1.19 bits per heavy atom. The SMILES string of the molecule is O=C(N=CC1CCC(CCN2CCc3nc(OCC(F)(F)F)sc3CC2)CC1)c1ccn2ncccc12. The molecular formula is C26H30F3N5O2S. The van der Waals surface area contributed by atoms with Gasteiger partial charge in [-0.2, -0.15) is 18.3 Å². The highest BCUT2D eigenvalue weighted by atomic mass is 32.1. The molecule has 7 nitrogen and oxygen atoms in total. The smallest absolute Gasteiger partial charge is 0.422 e. The first kappa shape index (κ1) is 25.8. The number of nitrogens with zero attached hydrogens (tertiary/aromatic N) is 5. The summed E-state index contributed by atoms with van der Waals surface area (Å²) < 4.78 is 43.7. The van der Waals surface area contributed by atoms with Crippen LogP contribution in [0.2, 0.25) is 0 Å². The van der Waals surface area contributed by atoms with Gasteiger partial charge in [0.15, 0.2) is 6.61 Å². The lowest BCUT2D eigenvalue weighted by atomic mass is 9.81. The van der Waals surface area contributed by atoms with Crippen LogP contribution in [0.5, 0.6) is 5.19 Å². The molecule has 5 rings (SSSR count). The molecule has 1 aliphatic carbocycles. The van der Waals surface area contributed by atoms with Crippen molar-refractivity contribution >= 4 is 29.0 Å². The number of ether oxygens (including phenoxy) is 1. The minimum absolute atomic E-state index is 0.122. The van der Waals surface area contributed by atoms with Crippen molar-refractivity contribution in [2.24, 2.45) is 16.8 Å². The number of hydrogen-bond acceptors (Lipinski definition) is 6. The quantitative estimate of drug-likeness (QED) is 0.389. The van der Waals surface area contributed by atoms with Crippen LogP contribution >= 0.6 is 11.3 Å². The summed E-state index contributed by atoms with van der Waals surface area (Å²) in [6.45, 7) is 1.48. The number of rotatable bonds is 7.